The van der Waals surface area contributed by atoms with E-state index in [9.17, 15) is 9.59 Å². The third-order valence-electron chi connectivity index (χ3n) is 3.91. The molecule has 0 aliphatic rings. The highest BCUT2D eigenvalue weighted by atomic mass is 35.5. The molecule has 2 rings (SSSR count). The van der Waals surface area contributed by atoms with Crippen LogP contribution in [0.25, 0.3) is 0 Å². The fourth-order valence-corrected chi connectivity index (χ4v) is 2.68. The van der Waals surface area contributed by atoms with Crippen molar-refractivity contribution in [1.29, 1.82) is 0 Å². The van der Waals surface area contributed by atoms with Crippen LogP contribution in [0.1, 0.15) is 18.1 Å². The van der Waals surface area contributed by atoms with Gasteiger partial charge in [-0.25, -0.2) is 0 Å². The van der Waals surface area contributed by atoms with E-state index < -0.39 is 6.04 Å². The van der Waals surface area contributed by atoms with Gasteiger partial charge in [0.1, 0.15) is 6.04 Å². The van der Waals surface area contributed by atoms with E-state index in [1.807, 2.05) is 48.5 Å². The zero-order valence-corrected chi connectivity index (χ0v) is 14.6. The second kappa shape index (κ2) is 8.50. The molecule has 0 fully saturated rings. The largest absolute Gasteiger partial charge is 0.357 e. The number of carbonyl (C=O) groups is 2. The molecule has 1 N–H and O–H groups in total. The van der Waals surface area contributed by atoms with Gasteiger partial charge in [0.25, 0.3) is 0 Å². The molecule has 0 aliphatic carbocycles. The van der Waals surface area contributed by atoms with E-state index in [-0.39, 0.29) is 18.2 Å². The van der Waals surface area contributed by atoms with Crippen molar-refractivity contribution in [1.82, 2.24) is 10.2 Å². The number of carbonyl (C=O) groups excluding carboxylic acids is 2. The molecule has 1 unspecified atom stereocenters. The third-order valence-corrected chi connectivity index (χ3v) is 4.28. The summed E-state index contributed by atoms with van der Waals surface area (Å²) < 4.78 is 0. The molecule has 0 radical (unpaired) electrons. The van der Waals surface area contributed by atoms with Gasteiger partial charge in [-0.2, -0.15) is 0 Å². The molecule has 2 aromatic rings. The van der Waals surface area contributed by atoms with Gasteiger partial charge in [-0.05, 0) is 24.1 Å². The van der Waals surface area contributed by atoms with Gasteiger partial charge in [-0.15, -0.1) is 0 Å². The van der Waals surface area contributed by atoms with Crippen molar-refractivity contribution >= 4 is 23.4 Å². The number of likely N-dealkylation sites (N-methyl/N-ethyl adjacent to an activating group) is 1. The molecule has 0 saturated heterocycles. The number of hydrogen-bond acceptors (Lipinski definition) is 2. The van der Waals surface area contributed by atoms with Crippen molar-refractivity contribution in [3.63, 3.8) is 0 Å². The zero-order chi connectivity index (χ0) is 17.5. The van der Waals surface area contributed by atoms with Gasteiger partial charge in [0.05, 0.1) is 6.42 Å². The molecule has 1 atom stereocenters. The normalized spacial score (nSPS) is 11.6. The van der Waals surface area contributed by atoms with Gasteiger partial charge in [-0.1, -0.05) is 60.1 Å². The van der Waals surface area contributed by atoms with Gasteiger partial charge in [0, 0.05) is 18.6 Å². The summed E-state index contributed by atoms with van der Waals surface area (Å²) in [4.78, 5) is 26.4. The molecular weight excluding hydrogens is 324 g/mol. The van der Waals surface area contributed by atoms with Crippen LogP contribution < -0.4 is 5.32 Å². The summed E-state index contributed by atoms with van der Waals surface area (Å²) in [6, 6.07) is 16.3. The van der Waals surface area contributed by atoms with E-state index in [1.165, 1.54) is 0 Å². The lowest BCUT2D eigenvalue weighted by atomic mass is 10.1. The maximum atomic E-state index is 12.8. The minimum atomic E-state index is -0.565. The van der Waals surface area contributed by atoms with Crippen LogP contribution in [0.2, 0.25) is 5.02 Å². The SMILES string of the molecule is CNC(=O)C(C)N(Cc1ccccc1)C(=O)Cc1ccccc1Cl. The Hall–Kier alpha value is -2.33. The van der Waals surface area contributed by atoms with Crippen molar-refractivity contribution in [3.05, 3.63) is 70.7 Å². The van der Waals surface area contributed by atoms with Crippen molar-refractivity contribution in [2.45, 2.75) is 25.9 Å². The molecule has 4 nitrogen and oxygen atoms in total. The topological polar surface area (TPSA) is 49.4 Å². The molecule has 24 heavy (non-hydrogen) atoms. The maximum Gasteiger partial charge on any atom is 0.242 e. The summed E-state index contributed by atoms with van der Waals surface area (Å²) in [6.07, 6.45) is 0.161. The fourth-order valence-electron chi connectivity index (χ4n) is 2.48. The Kier molecular flexibility index (Phi) is 6.38. The molecule has 0 aromatic heterocycles. The maximum absolute atomic E-state index is 12.8. The summed E-state index contributed by atoms with van der Waals surface area (Å²) in [6.45, 7) is 2.10. The van der Waals surface area contributed by atoms with Crippen LogP contribution in [0.15, 0.2) is 54.6 Å². The van der Waals surface area contributed by atoms with Crippen molar-refractivity contribution in [2.75, 3.05) is 7.05 Å². The molecule has 0 saturated carbocycles. The Morgan fingerprint density at radius 1 is 1.08 bits per heavy atom. The number of halogens is 1. The first-order valence-corrected chi connectivity index (χ1v) is 8.19. The van der Waals surface area contributed by atoms with E-state index in [0.29, 0.717) is 11.6 Å². The molecule has 0 heterocycles. The second-order valence-electron chi connectivity index (χ2n) is 5.57. The Morgan fingerprint density at radius 3 is 2.33 bits per heavy atom. The predicted octanol–water partition coefficient (Wildman–Crippen LogP) is 3.05. The molecule has 0 bridgehead atoms. The van der Waals surface area contributed by atoms with Crippen LogP contribution in [0.3, 0.4) is 0 Å². The Labute approximate surface area is 147 Å². The van der Waals surface area contributed by atoms with Crippen LogP contribution >= 0.6 is 11.6 Å². The average molecular weight is 345 g/mol. The molecular formula is C19H21ClN2O2. The summed E-state index contributed by atoms with van der Waals surface area (Å²) in [7, 11) is 1.57. The number of nitrogens with one attached hydrogen (secondary N) is 1. The van der Waals surface area contributed by atoms with Gasteiger partial charge in [0.2, 0.25) is 11.8 Å². The van der Waals surface area contributed by atoms with Crippen molar-refractivity contribution in [2.24, 2.45) is 0 Å². The average Bonchev–Trinajstić information content (AvgIpc) is 2.61. The standard InChI is InChI=1S/C19H21ClN2O2/c1-14(19(24)21-2)22(13-15-8-4-3-5-9-15)18(23)12-16-10-6-7-11-17(16)20/h3-11,14H,12-13H2,1-2H3,(H,21,24). The third kappa shape index (κ3) is 4.59. The smallest absolute Gasteiger partial charge is 0.242 e. The first kappa shape index (κ1) is 18.0. The predicted molar refractivity (Wildman–Crippen MR) is 95.7 cm³/mol. The number of nitrogens with zero attached hydrogens (tertiary/aromatic N) is 1. The summed E-state index contributed by atoms with van der Waals surface area (Å²) in [5, 5.41) is 3.16. The number of hydrogen-bond donors (Lipinski definition) is 1. The Balaban J connectivity index is 2.22. The lowest BCUT2D eigenvalue weighted by molar-refractivity contribution is -0.139. The Morgan fingerprint density at radius 2 is 1.71 bits per heavy atom. The van der Waals surface area contributed by atoms with Crippen LogP contribution in [-0.2, 0) is 22.6 Å². The van der Waals surface area contributed by atoms with E-state index in [0.717, 1.165) is 11.1 Å². The number of benzene rings is 2. The fraction of sp³-hybridized carbons (Fsp3) is 0.263. The monoisotopic (exact) mass is 344 g/mol. The number of rotatable bonds is 6. The van der Waals surface area contributed by atoms with Gasteiger partial charge in [-0.3, -0.25) is 9.59 Å². The highest BCUT2D eigenvalue weighted by Gasteiger charge is 2.25. The second-order valence-corrected chi connectivity index (χ2v) is 5.97. The molecule has 2 aromatic carbocycles. The minimum absolute atomic E-state index is 0.136. The molecule has 2 amide bonds. The zero-order valence-electron chi connectivity index (χ0n) is 13.8. The number of amides is 2. The van der Waals surface area contributed by atoms with E-state index in [1.54, 1.807) is 24.9 Å². The van der Waals surface area contributed by atoms with Crippen molar-refractivity contribution in [3.8, 4) is 0 Å². The van der Waals surface area contributed by atoms with Gasteiger partial charge in [0.15, 0.2) is 0 Å². The molecule has 0 spiro atoms. The molecule has 126 valence electrons. The molecule has 0 aliphatic heterocycles. The van der Waals surface area contributed by atoms with Crippen molar-refractivity contribution < 1.29 is 9.59 Å². The molecule has 5 heteroatoms. The van der Waals surface area contributed by atoms with E-state index >= 15 is 0 Å². The van der Waals surface area contributed by atoms with Gasteiger partial charge >= 0.3 is 0 Å². The van der Waals surface area contributed by atoms with Crippen LogP contribution in [-0.4, -0.2) is 29.8 Å². The highest BCUT2D eigenvalue weighted by Crippen LogP contribution is 2.18. The quantitative estimate of drug-likeness (QED) is 0.875. The summed E-state index contributed by atoms with van der Waals surface area (Å²) in [5.41, 5.74) is 1.73. The summed E-state index contributed by atoms with van der Waals surface area (Å²) in [5.74, 6) is -0.332. The minimum Gasteiger partial charge on any atom is -0.357 e. The lowest BCUT2D eigenvalue weighted by Gasteiger charge is -2.28. The van der Waals surface area contributed by atoms with Gasteiger partial charge < -0.3 is 10.2 Å². The van der Waals surface area contributed by atoms with E-state index in [2.05, 4.69) is 5.32 Å². The summed E-state index contributed by atoms with van der Waals surface area (Å²) >= 11 is 6.15. The first-order chi connectivity index (χ1) is 11.5. The lowest BCUT2D eigenvalue weighted by Crippen LogP contribution is -2.47. The van der Waals surface area contributed by atoms with E-state index in [4.69, 9.17) is 11.6 Å². The highest BCUT2D eigenvalue weighted by molar-refractivity contribution is 6.31. The van der Waals surface area contributed by atoms with Crippen LogP contribution in [0.4, 0.5) is 0 Å². The van der Waals surface area contributed by atoms with Crippen LogP contribution in [0, 0.1) is 0 Å². The Bertz CT molecular complexity index is 704. The van der Waals surface area contributed by atoms with Crippen LogP contribution in [0.5, 0.6) is 0 Å². The first-order valence-electron chi connectivity index (χ1n) is 7.81.